The van der Waals surface area contributed by atoms with Crippen LogP contribution in [0.15, 0.2) is 78.9 Å². The average molecular weight is 549 g/mol. The van der Waals surface area contributed by atoms with E-state index in [9.17, 15) is 9.59 Å². The molecule has 1 fully saturated rings. The SMILES string of the molecule is Cc1cccc(CN(C(=O)CSCc2cccc(Cl)c2)[C@@H](Cc2ccccc2)C(=O)NC2CCCCC2)c1. The summed E-state index contributed by atoms with van der Waals surface area (Å²) >= 11 is 7.70. The van der Waals surface area contributed by atoms with Gasteiger partial charge in [0.15, 0.2) is 0 Å². The molecule has 1 aliphatic carbocycles. The number of rotatable bonds is 11. The molecule has 0 radical (unpaired) electrons. The Morgan fingerprint density at radius 3 is 2.37 bits per heavy atom. The molecule has 0 spiro atoms. The van der Waals surface area contributed by atoms with Crippen molar-refractivity contribution in [3.8, 4) is 0 Å². The van der Waals surface area contributed by atoms with Crippen LogP contribution in [-0.2, 0) is 28.3 Å². The van der Waals surface area contributed by atoms with Gasteiger partial charge in [0, 0.05) is 29.8 Å². The van der Waals surface area contributed by atoms with Crippen molar-refractivity contribution in [3.63, 3.8) is 0 Å². The van der Waals surface area contributed by atoms with Crippen molar-refractivity contribution in [2.45, 2.75) is 69.8 Å². The monoisotopic (exact) mass is 548 g/mol. The van der Waals surface area contributed by atoms with Crippen LogP contribution in [0, 0.1) is 6.92 Å². The minimum Gasteiger partial charge on any atom is -0.352 e. The Kier molecular flexibility index (Phi) is 10.7. The van der Waals surface area contributed by atoms with E-state index in [0.29, 0.717) is 29.5 Å². The van der Waals surface area contributed by atoms with E-state index in [4.69, 9.17) is 11.6 Å². The minimum atomic E-state index is -0.584. The first kappa shape index (κ1) is 28.3. The number of benzene rings is 3. The number of amides is 2. The summed E-state index contributed by atoms with van der Waals surface area (Å²) in [7, 11) is 0. The van der Waals surface area contributed by atoms with Crippen LogP contribution in [0.25, 0.3) is 0 Å². The molecule has 1 saturated carbocycles. The maximum absolute atomic E-state index is 13.8. The molecule has 38 heavy (non-hydrogen) atoms. The van der Waals surface area contributed by atoms with Crippen molar-refractivity contribution in [2.75, 3.05) is 5.75 Å². The van der Waals surface area contributed by atoms with Gasteiger partial charge in [-0.05, 0) is 48.6 Å². The number of carbonyl (C=O) groups is 2. The lowest BCUT2D eigenvalue weighted by Gasteiger charge is -2.33. The number of hydrogen-bond acceptors (Lipinski definition) is 3. The number of hydrogen-bond donors (Lipinski definition) is 1. The Hall–Kier alpha value is -2.76. The molecule has 1 N–H and O–H groups in total. The molecule has 0 aromatic heterocycles. The van der Waals surface area contributed by atoms with Gasteiger partial charge in [-0.1, -0.05) is 103 Å². The molecule has 0 saturated heterocycles. The first-order valence-corrected chi connectivity index (χ1v) is 15.0. The Balaban J connectivity index is 1.56. The number of carbonyl (C=O) groups excluding carboxylic acids is 2. The van der Waals surface area contributed by atoms with Crippen LogP contribution in [0.5, 0.6) is 0 Å². The fraction of sp³-hybridized carbons (Fsp3) is 0.375. The fourth-order valence-electron chi connectivity index (χ4n) is 5.07. The fourth-order valence-corrected chi connectivity index (χ4v) is 6.14. The van der Waals surface area contributed by atoms with E-state index in [2.05, 4.69) is 11.4 Å². The summed E-state index contributed by atoms with van der Waals surface area (Å²) in [6, 6.07) is 25.5. The summed E-state index contributed by atoms with van der Waals surface area (Å²) in [6.07, 6.45) is 5.99. The summed E-state index contributed by atoms with van der Waals surface area (Å²) < 4.78 is 0. The van der Waals surface area contributed by atoms with E-state index in [1.54, 1.807) is 16.7 Å². The molecular formula is C32H37ClN2O2S. The second-order valence-corrected chi connectivity index (χ2v) is 11.6. The van der Waals surface area contributed by atoms with Gasteiger partial charge in [0.1, 0.15) is 6.04 Å². The van der Waals surface area contributed by atoms with Crippen molar-refractivity contribution in [2.24, 2.45) is 0 Å². The highest BCUT2D eigenvalue weighted by Crippen LogP contribution is 2.22. The van der Waals surface area contributed by atoms with Crippen LogP contribution in [0.2, 0.25) is 5.02 Å². The smallest absolute Gasteiger partial charge is 0.243 e. The summed E-state index contributed by atoms with van der Waals surface area (Å²) in [5.41, 5.74) is 4.29. The number of thioether (sulfide) groups is 1. The quantitative estimate of drug-likeness (QED) is 0.281. The number of halogens is 1. The van der Waals surface area contributed by atoms with Gasteiger partial charge in [-0.25, -0.2) is 0 Å². The topological polar surface area (TPSA) is 49.4 Å². The summed E-state index contributed by atoms with van der Waals surface area (Å²) in [5, 5.41) is 4.00. The van der Waals surface area contributed by atoms with E-state index < -0.39 is 6.04 Å². The average Bonchev–Trinajstić information content (AvgIpc) is 2.92. The molecule has 1 aliphatic rings. The summed E-state index contributed by atoms with van der Waals surface area (Å²) in [4.78, 5) is 29.4. The normalized spacial score (nSPS) is 14.6. The second kappa shape index (κ2) is 14.4. The van der Waals surface area contributed by atoms with E-state index in [1.807, 2.05) is 79.7 Å². The molecule has 0 heterocycles. The maximum Gasteiger partial charge on any atom is 0.243 e. The lowest BCUT2D eigenvalue weighted by Crippen LogP contribution is -2.53. The highest BCUT2D eigenvalue weighted by atomic mass is 35.5. The molecule has 0 aliphatic heterocycles. The van der Waals surface area contributed by atoms with Crippen LogP contribution in [0.1, 0.15) is 54.4 Å². The Morgan fingerprint density at radius 2 is 1.63 bits per heavy atom. The van der Waals surface area contributed by atoms with E-state index in [1.165, 1.54) is 6.42 Å². The zero-order valence-corrected chi connectivity index (χ0v) is 23.6. The Morgan fingerprint density at radius 1 is 0.921 bits per heavy atom. The molecule has 3 aromatic carbocycles. The first-order chi connectivity index (χ1) is 18.5. The third kappa shape index (κ3) is 8.64. The Bertz CT molecular complexity index is 1200. The van der Waals surface area contributed by atoms with Gasteiger partial charge in [0.2, 0.25) is 11.8 Å². The van der Waals surface area contributed by atoms with Crippen molar-refractivity contribution < 1.29 is 9.59 Å². The number of nitrogens with one attached hydrogen (secondary N) is 1. The summed E-state index contributed by atoms with van der Waals surface area (Å²) in [5.74, 6) is 0.891. The second-order valence-electron chi connectivity index (χ2n) is 10.2. The van der Waals surface area contributed by atoms with E-state index in [0.717, 1.165) is 47.9 Å². The van der Waals surface area contributed by atoms with Crippen LogP contribution in [0.3, 0.4) is 0 Å². The zero-order valence-electron chi connectivity index (χ0n) is 22.1. The largest absolute Gasteiger partial charge is 0.352 e. The molecule has 3 aromatic rings. The van der Waals surface area contributed by atoms with Crippen molar-refractivity contribution in [3.05, 3.63) is 106 Å². The van der Waals surface area contributed by atoms with Crippen molar-refractivity contribution in [1.82, 2.24) is 10.2 Å². The standard InChI is InChI=1S/C32H37ClN2O2S/c1-24-10-8-13-26(18-24)21-35(31(36)23-38-22-27-14-9-15-28(33)19-27)30(20-25-11-4-2-5-12-25)32(37)34-29-16-6-3-7-17-29/h2,4-5,8-15,18-19,29-30H,3,6-7,16-17,20-23H2,1H3,(H,34,37)/t30-/m0/s1. The van der Waals surface area contributed by atoms with Crippen molar-refractivity contribution >= 4 is 35.2 Å². The maximum atomic E-state index is 13.8. The van der Waals surface area contributed by atoms with Crippen LogP contribution >= 0.6 is 23.4 Å². The molecule has 1 atom stereocenters. The highest BCUT2D eigenvalue weighted by molar-refractivity contribution is 7.99. The Labute approximate surface area is 236 Å². The number of aryl methyl sites for hydroxylation is 1. The van der Waals surface area contributed by atoms with Gasteiger partial charge >= 0.3 is 0 Å². The summed E-state index contributed by atoms with van der Waals surface area (Å²) in [6.45, 7) is 2.45. The molecule has 4 rings (SSSR count). The predicted octanol–water partition coefficient (Wildman–Crippen LogP) is 6.97. The van der Waals surface area contributed by atoms with Crippen molar-refractivity contribution in [1.29, 1.82) is 0 Å². The van der Waals surface area contributed by atoms with Gasteiger partial charge in [-0.2, -0.15) is 0 Å². The van der Waals surface area contributed by atoms with Gasteiger partial charge in [-0.15, -0.1) is 11.8 Å². The van der Waals surface area contributed by atoms with Crippen LogP contribution in [0.4, 0.5) is 0 Å². The minimum absolute atomic E-state index is 0.0294. The third-order valence-corrected chi connectivity index (χ3v) is 8.26. The van der Waals surface area contributed by atoms with Gasteiger partial charge < -0.3 is 10.2 Å². The molecular weight excluding hydrogens is 512 g/mol. The highest BCUT2D eigenvalue weighted by Gasteiger charge is 2.31. The molecule has 6 heteroatoms. The zero-order chi connectivity index (χ0) is 26.7. The number of nitrogens with zero attached hydrogens (tertiary/aromatic N) is 1. The predicted molar refractivity (Wildman–Crippen MR) is 158 cm³/mol. The van der Waals surface area contributed by atoms with E-state index >= 15 is 0 Å². The molecule has 200 valence electrons. The third-order valence-electron chi connectivity index (χ3n) is 7.04. The molecule has 4 nitrogen and oxygen atoms in total. The molecule has 0 bridgehead atoms. The van der Waals surface area contributed by atoms with Gasteiger partial charge in [0.05, 0.1) is 5.75 Å². The van der Waals surface area contributed by atoms with Gasteiger partial charge in [0.25, 0.3) is 0 Å². The first-order valence-electron chi connectivity index (χ1n) is 13.5. The molecule has 0 unspecified atom stereocenters. The molecule has 2 amide bonds. The van der Waals surface area contributed by atoms with Crippen LogP contribution in [-0.4, -0.2) is 34.6 Å². The van der Waals surface area contributed by atoms with E-state index in [-0.39, 0.29) is 17.9 Å². The lowest BCUT2D eigenvalue weighted by atomic mass is 9.94. The van der Waals surface area contributed by atoms with Gasteiger partial charge in [-0.3, -0.25) is 9.59 Å². The van der Waals surface area contributed by atoms with Crippen LogP contribution < -0.4 is 5.32 Å². The lowest BCUT2D eigenvalue weighted by molar-refractivity contribution is -0.139.